The van der Waals surface area contributed by atoms with E-state index in [1.54, 1.807) is 0 Å². The highest BCUT2D eigenvalue weighted by Gasteiger charge is 2.29. The Hall–Kier alpha value is -0.540. The van der Waals surface area contributed by atoms with E-state index in [0.29, 0.717) is 17.4 Å². The molecule has 0 radical (unpaired) electrons. The van der Waals surface area contributed by atoms with Crippen molar-refractivity contribution in [1.82, 2.24) is 5.06 Å². The molecule has 0 aromatic heterocycles. The monoisotopic (exact) mass is 356 g/mol. The van der Waals surface area contributed by atoms with Crippen molar-refractivity contribution in [2.75, 3.05) is 47.4 Å². The zero-order chi connectivity index (χ0) is 18.1. The topological polar surface area (TPSA) is 119 Å². The third kappa shape index (κ3) is 10.8. The average molecular weight is 356 g/mol. The molecule has 0 aromatic rings. The third-order valence-corrected chi connectivity index (χ3v) is 3.91. The number of phosphoric acid groups is 1. The van der Waals surface area contributed by atoms with Crippen molar-refractivity contribution in [1.29, 1.82) is 0 Å². The zero-order valence-electron chi connectivity index (χ0n) is 14.3. The number of hydrogen-bond acceptors (Lipinski definition) is 7. The molecule has 0 aromatic carbocycles. The van der Waals surface area contributed by atoms with E-state index in [2.05, 4.69) is 0 Å². The van der Waals surface area contributed by atoms with Gasteiger partial charge in [-0.25, -0.2) is 4.62 Å². The van der Waals surface area contributed by atoms with Crippen LogP contribution in [0.2, 0.25) is 0 Å². The number of aliphatic carboxylic acids is 1. The van der Waals surface area contributed by atoms with E-state index < -0.39 is 26.4 Å². The number of carbonyl (C=O) groups is 1. The van der Waals surface area contributed by atoms with Crippen molar-refractivity contribution >= 4 is 13.8 Å². The molecule has 0 bridgehead atoms. The summed E-state index contributed by atoms with van der Waals surface area (Å²) in [5, 5.41) is 19.0. The molecule has 0 aliphatic rings. The van der Waals surface area contributed by atoms with E-state index in [4.69, 9.17) is 19.4 Å². The maximum Gasteiger partial charge on any atom is 0.325 e. The summed E-state index contributed by atoms with van der Waals surface area (Å²) in [5.74, 6) is -1.37. The van der Waals surface area contributed by atoms with Gasteiger partial charge >= 0.3 is 5.97 Å². The first-order chi connectivity index (χ1) is 10.5. The van der Waals surface area contributed by atoms with E-state index in [9.17, 15) is 14.3 Å². The van der Waals surface area contributed by atoms with Crippen LogP contribution in [0.15, 0.2) is 0 Å². The first kappa shape index (κ1) is 22.5. The molecule has 0 amide bonds. The summed E-state index contributed by atoms with van der Waals surface area (Å²) in [6.45, 7) is 1.62. The number of nitrogens with zero attached hydrogens (tertiary/aromatic N) is 2. The average Bonchev–Trinajstić information content (AvgIpc) is 2.36. The molecule has 10 heteroatoms. The summed E-state index contributed by atoms with van der Waals surface area (Å²) in [6.07, 6.45) is 2.20. The second-order valence-electron chi connectivity index (χ2n) is 6.26. The van der Waals surface area contributed by atoms with Gasteiger partial charge in [0.15, 0.2) is 6.04 Å². The molecule has 0 aliphatic carbocycles. The smallest absolute Gasteiger partial charge is 0.325 e. The van der Waals surface area contributed by atoms with Crippen LogP contribution in [0.25, 0.3) is 0 Å². The number of unbranched alkanes of at least 4 members (excludes halogenated alkanes) is 2. The van der Waals surface area contributed by atoms with Gasteiger partial charge in [0.2, 0.25) is 0 Å². The highest BCUT2D eigenvalue weighted by atomic mass is 31.2. The molecule has 0 rings (SSSR count). The van der Waals surface area contributed by atoms with E-state index in [-0.39, 0.29) is 13.2 Å². The fourth-order valence-corrected chi connectivity index (χ4v) is 2.45. The molecule has 1 unspecified atom stereocenters. The van der Waals surface area contributed by atoms with Gasteiger partial charge in [-0.3, -0.25) is 9.36 Å². The number of carboxylic acid groups (broad SMARTS) is 1. The molecular weight excluding hydrogens is 327 g/mol. The molecule has 9 nitrogen and oxygen atoms in total. The van der Waals surface area contributed by atoms with Gasteiger partial charge in [-0.2, -0.15) is 5.06 Å². The first-order valence-electron chi connectivity index (χ1n) is 7.58. The predicted octanol–water partition coefficient (Wildman–Crippen LogP) is 0.0469. The second-order valence-corrected chi connectivity index (χ2v) is 7.58. The Morgan fingerprint density at radius 2 is 1.96 bits per heavy atom. The van der Waals surface area contributed by atoms with Crippen LogP contribution >= 0.6 is 7.82 Å². The maximum absolute atomic E-state index is 11.9. The lowest BCUT2D eigenvalue weighted by atomic mass is 10.2. The van der Waals surface area contributed by atoms with Crippen molar-refractivity contribution in [2.45, 2.75) is 32.2 Å². The van der Waals surface area contributed by atoms with Gasteiger partial charge in [0, 0.05) is 6.54 Å². The van der Waals surface area contributed by atoms with Crippen LogP contribution in [-0.4, -0.2) is 79.2 Å². The fraction of sp³-hybridized carbons (Fsp3) is 0.923. The Labute approximate surface area is 137 Å². The number of hydrogen-bond donors (Lipinski definition) is 2. The number of likely N-dealkylation sites (N-methyl/N-ethyl adjacent to an activating group) is 1. The Kier molecular flexibility index (Phi) is 10.1. The Morgan fingerprint density at radius 3 is 2.39 bits per heavy atom. The van der Waals surface area contributed by atoms with Gasteiger partial charge in [0.1, 0.15) is 13.2 Å². The molecule has 0 heterocycles. The SMILES string of the molecule is CCCCCN(OP(=O)([O-])OCC[N+](C)(C)C)[C@@H](CO)C(=O)O. The number of hydroxylamine groups is 2. The van der Waals surface area contributed by atoms with Crippen molar-refractivity contribution in [3.8, 4) is 0 Å². The van der Waals surface area contributed by atoms with Gasteiger partial charge < -0.3 is 24.1 Å². The Balaban J connectivity index is 4.76. The van der Waals surface area contributed by atoms with Crippen LogP contribution in [0.3, 0.4) is 0 Å². The van der Waals surface area contributed by atoms with E-state index in [1.165, 1.54) is 0 Å². The normalized spacial score (nSPS) is 16.3. The minimum absolute atomic E-state index is 0.0658. The number of quaternary nitrogens is 1. The summed E-state index contributed by atoms with van der Waals surface area (Å²) in [6, 6.07) is -1.46. The molecule has 23 heavy (non-hydrogen) atoms. The molecule has 0 saturated heterocycles. The minimum atomic E-state index is -4.70. The van der Waals surface area contributed by atoms with Gasteiger partial charge in [-0.05, 0) is 6.42 Å². The minimum Gasteiger partial charge on any atom is -0.755 e. The van der Waals surface area contributed by atoms with Gasteiger partial charge in [-0.15, -0.1) is 0 Å². The van der Waals surface area contributed by atoms with Crippen LogP contribution in [-0.2, 0) is 18.5 Å². The first-order valence-corrected chi connectivity index (χ1v) is 9.04. The number of aliphatic hydroxyl groups is 1. The molecule has 0 saturated carbocycles. The van der Waals surface area contributed by atoms with Crippen LogP contribution in [0.4, 0.5) is 0 Å². The van der Waals surface area contributed by atoms with Gasteiger partial charge in [0.25, 0.3) is 7.82 Å². The molecule has 2 atom stereocenters. The molecule has 0 fully saturated rings. The quantitative estimate of drug-likeness (QED) is 0.206. The standard InChI is InChI=1S/C13H29N2O7P/c1-5-6-7-8-14(12(11-16)13(17)18)22-23(19,20)21-10-9-15(2,3)4/h12,16H,5-11H2,1-4H3,(H-,17,18,19,20)/t12-/m0/s1. The van der Waals surface area contributed by atoms with Crippen molar-refractivity contribution in [2.24, 2.45) is 0 Å². The molecule has 0 aliphatic heterocycles. The van der Waals surface area contributed by atoms with E-state index >= 15 is 0 Å². The highest BCUT2D eigenvalue weighted by molar-refractivity contribution is 7.45. The third-order valence-electron chi connectivity index (χ3n) is 3.00. The summed E-state index contributed by atoms with van der Waals surface area (Å²) in [7, 11) is 0.936. The predicted molar refractivity (Wildman–Crippen MR) is 82.3 cm³/mol. The van der Waals surface area contributed by atoms with Crippen LogP contribution in [0.1, 0.15) is 26.2 Å². The fourth-order valence-electron chi connectivity index (χ4n) is 1.64. The van der Waals surface area contributed by atoms with Gasteiger partial charge in [-0.1, -0.05) is 19.8 Å². The van der Waals surface area contributed by atoms with E-state index in [1.807, 2.05) is 28.1 Å². The maximum atomic E-state index is 11.9. The van der Waals surface area contributed by atoms with Crippen LogP contribution in [0, 0.1) is 0 Å². The summed E-state index contributed by atoms with van der Waals surface area (Å²) in [5.41, 5.74) is 0. The number of rotatable bonds is 13. The summed E-state index contributed by atoms with van der Waals surface area (Å²) >= 11 is 0. The van der Waals surface area contributed by atoms with Crippen molar-refractivity contribution in [3.05, 3.63) is 0 Å². The largest absolute Gasteiger partial charge is 0.755 e. The highest BCUT2D eigenvalue weighted by Crippen LogP contribution is 2.40. The van der Waals surface area contributed by atoms with Crippen molar-refractivity contribution in [3.63, 3.8) is 0 Å². The number of phosphoric ester groups is 1. The Morgan fingerprint density at radius 1 is 1.35 bits per heavy atom. The Bertz CT molecular complexity index is 400. The molecule has 2 N–H and O–H groups in total. The van der Waals surface area contributed by atoms with Crippen LogP contribution < -0.4 is 4.89 Å². The lowest BCUT2D eigenvalue weighted by molar-refractivity contribution is -0.870. The second kappa shape index (κ2) is 10.4. The summed E-state index contributed by atoms with van der Waals surface area (Å²) in [4.78, 5) is 23.0. The molecule has 0 spiro atoms. The van der Waals surface area contributed by atoms with E-state index in [0.717, 1.165) is 17.9 Å². The molecule has 138 valence electrons. The summed E-state index contributed by atoms with van der Waals surface area (Å²) < 4.78 is 21.9. The van der Waals surface area contributed by atoms with Gasteiger partial charge in [0.05, 0.1) is 27.7 Å². The molecular formula is C13H29N2O7P. The van der Waals surface area contributed by atoms with Crippen molar-refractivity contribution < 1.29 is 38.1 Å². The number of carboxylic acids is 1. The lowest BCUT2D eigenvalue weighted by Gasteiger charge is -2.33. The lowest BCUT2D eigenvalue weighted by Crippen LogP contribution is -2.44. The zero-order valence-corrected chi connectivity index (χ0v) is 15.2. The van der Waals surface area contributed by atoms with Crippen LogP contribution in [0.5, 0.6) is 0 Å². The number of aliphatic hydroxyl groups excluding tert-OH is 1.